The molecule has 1 unspecified atom stereocenters. The minimum absolute atomic E-state index is 0.138. The smallest absolute Gasteiger partial charge is 0.341 e. The number of hydrogen-bond donors (Lipinski definition) is 0. The Morgan fingerprint density at radius 1 is 1.10 bits per heavy atom. The Morgan fingerprint density at radius 3 is 2.54 bits per heavy atom. The quantitative estimate of drug-likeness (QED) is 0.395. The Hall–Kier alpha value is -3.58. The van der Waals surface area contributed by atoms with Crippen LogP contribution < -0.4 is 0 Å². The van der Waals surface area contributed by atoms with E-state index in [-0.39, 0.29) is 31.2 Å². The van der Waals surface area contributed by atoms with Gasteiger partial charge in [0.25, 0.3) is 5.91 Å². The maximum Gasteiger partial charge on any atom is 0.341 e. The molecule has 39 heavy (non-hydrogen) atoms. The minimum atomic E-state index is -3.98. The summed E-state index contributed by atoms with van der Waals surface area (Å²) in [5.41, 5.74) is 0.745. The van der Waals surface area contributed by atoms with Gasteiger partial charge in [-0.1, -0.05) is 23.7 Å². The van der Waals surface area contributed by atoms with Gasteiger partial charge in [0.15, 0.2) is 6.61 Å². The van der Waals surface area contributed by atoms with Crippen LogP contribution in [0.15, 0.2) is 75.3 Å². The lowest BCUT2D eigenvalue weighted by Gasteiger charge is -2.26. The van der Waals surface area contributed by atoms with Crippen molar-refractivity contribution in [3.63, 3.8) is 0 Å². The van der Waals surface area contributed by atoms with Crippen molar-refractivity contribution in [2.24, 2.45) is 5.10 Å². The summed E-state index contributed by atoms with van der Waals surface area (Å²) < 4.78 is 57.4. The second-order valence-corrected chi connectivity index (χ2v) is 11.1. The van der Waals surface area contributed by atoms with Crippen LogP contribution in [0.2, 0.25) is 5.02 Å². The van der Waals surface area contributed by atoms with E-state index in [4.69, 9.17) is 25.5 Å². The molecule has 10 nitrogen and oxygen atoms in total. The number of amides is 1. The van der Waals surface area contributed by atoms with E-state index in [0.29, 0.717) is 22.9 Å². The summed E-state index contributed by atoms with van der Waals surface area (Å²) in [6.45, 7) is -0.0179. The van der Waals surface area contributed by atoms with Crippen molar-refractivity contribution in [1.29, 1.82) is 0 Å². The van der Waals surface area contributed by atoms with E-state index >= 15 is 0 Å². The molecule has 0 bridgehead atoms. The first-order valence-electron chi connectivity index (χ1n) is 12.0. The Morgan fingerprint density at radius 2 is 1.85 bits per heavy atom. The van der Waals surface area contributed by atoms with E-state index in [0.717, 1.165) is 28.8 Å². The van der Waals surface area contributed by atoms with E-state index in [1.54, 1.807) is 36.4 Å². The van der Waals surface area contributed by atoms with Gasteiger partial charge >= 0.3 is 5.97 Å². The predicted molar refractivity (Wildman–Crippen MR) is 137 cm³/mol. The van der Waals surface area contributed by atoms with Crippen molar-refractivity contribution in [3.8, 4) is 0 Å². The fourth-order valence-corrected chi connectivity index (χ4v) is 5.85. The van der Waals surface area contributed by atoms with Crippen molar-refractivity contribution in [2.75, 3.05) is 32.9 Å². The van der Waals surface area contributed by atoms with Gasteiger partial charge in [-0.3, -0.25) is 4.79 Å². The van der Waals surface area contributed by atoms with E-state index in [1.165, 1.54) is 10.6 Å². The average Bonchev–Trinajstić information content (AvgIpc) is 3.63. The lowest BCUT2D eigenvalue weighted by Crippen LogP contribution is -2.40. The summed E-state index contributed by atoms with van der Waals surface area (Å²) in [7, 11) is -3.98. The number of carbonyl (C=O) groups excluding carboxylic acids is 2. The third kappa shape index (κ3) is 5.74. The number of nitrogens with zero attached hydrogens (tertiary/aromatic N) is 3. The fourth-order valence-electron chi connectivity index (χ4n) is 4.29. The Labute approximate surface area is 228 Å². The lowest BCUT2D eigenvalue weighted by atomic mass is 10.0. The second kappa shape index (κ2) is 11.3. The summed E-state index contributed by atoms with van der Waals surface area (Å²) in [4.78, 5) is 25.6. The monoisotopic (exact) mass is 575 g/mol. The Bertz CT molecular complexity index is 1500. The molecule has 1 fully saturated rings. The first-order valence-corrected chi connectivity index (χ1v) is 13.8. The topological polar surface area (TPSA) is 119 Å². The number of hydrazone groups is 1. The number of sulfonamides is 1. The first kappa shape index (κ1) is 27.0. The Balaban J connectivity index is 1.32. The van der Waals surface area contributed by atoms with E-state index < -0.39 is 45.9 Å². The predicted octanol–water partition coefficient (Wildman–Crippen LogP) is 3.63. The molecule has 3 heterocycles. The molecule has 1 amide bonds. The van der Waals surface area contributed by atoms with Crippen LogP contribution in [-0.2, 0) is 24.3 Å². The van der Waals surface area contributed by atoms with E-state index in [1.807, 2.05) is 0 Å². The van der Waals surface area contributed by atoms with Crippen LogP contribution in [0.4, 0.5) is 4.39 Å². The minimum Gasteiger partial charge on any atom is -0.467 e. The zero-order chi connectivity index (χ0) is 27.6. The van der Waals surface area contributed by atoms with Crippen LogP contribution in [0.3, 0.4) is 0 Å². The van der Waals surface area contributed by atoms with Gasteiger partial charge in [0, 0.05) is 24.5 Å². The van der Waals surface area contributed by atoms with Crippen LogP contribution >= 0.6 is 11.6 Å². The summed E-state index contributed by atoms with van der Waals surface area (Å²) in [5.74, 6) is -2.36. The van der Waals surface area contributed by atoms with Crippen molar-refractivity contribution >= 4 is 39.2 Å². The molecule has 1 aromatic heterocycles. The molecule has 2 aromatic carbocycles. The van der Waals surface area contributed by atoms with Crippen LogP contribution in [0, 0.1) is 5.82 Å². The molecular formula is C26H23ClFN3O7S. The number of ether oxygens (including phenoxy) is 2. The number of benzene rings is 2. The zero-order valence-corrected chi connectivity index (χ0v) is 22.0. The van der Waals surface area contributed by atoms with Gasteiger partial charge in [-0.15, -0.1) is 0 Å². The first-order chi connectivity index (χ1) is 18.7. The highest BCUT2D eigenvalue weighted by Crippen LogP contribution is 2.33. The number of esters is 1. The number of furan rings is 1. The highest BCUT2D eigenvalue weighted by atomic mass is 35.5. The molecule has 1 saturated heterocycles. The lowest BCUT2D eigenvalue weighted by molar-refractivity contribution is -0.136. The molecule has 2 aliphatic rings. The summed E-state index contributed by atoms with van der Waals surface area (Å²) in [6.07, 6.45) is 1.81. The van der Waals surface area contributed by atoms with Crippen molar-refractivity contribution in [1.82, 2.24) is 9.31 Å². The van der Waals surface area contributed by atoms with E-state index in [2.05, 4.69) is 5.10 Å². The van der Waals surface area contributed by atoms with Crippen molar-refractivity contribution in [3.05, 3.63) is 88.6 Å². The van der Waals surface area contributed by atoms with Crippen LogP contribution in [0.5, 0.6) is 0 Å². The number of carbonyl (C=O) groups is 2. The largest absolute Gasteiger partial charge is 0.467 e. The average molecular weight is 576 g/mol. The second-order valence-electron chi connectivity index (χ2n) is 8.76. The third-order valence-corrected chi connectivity index (χ3v) is 8.45. The highest BCUT2D eigenvalue weighted by molar-refractivity contribution is 7.89. The molecule has 204 valence electrons. The standard InChI is InChI=1S/C26H23ClFN3O7S/c27-18-5-3-17(4-6-18)22-15-23(24-2-1-11-37-24)31(29-22)25(32)16-38-26(33)20-14-19(7-8-21(20)28)39(34,35)30-9-12-36-13-10-30/h1-8,11,14,23H,9-10,12-13,15-16H2. The van der Waals surface area contributed by atoms with Crippen LogP contribution in [0.25, 0.3) is 0 Å². The van der Waals surface area contributed by atoms with Gasteiger partial charge in [0.1, 0.15) is 17.6 Å². The molecule has 0 saturated carbocycles. The summed E-state index contributed by atoms with van der Waals surface area (Å²) in [5, 5.41) is 6.14. The molecular weight excluding hydrogens is 553 g/mol. The van der Waals surface area contributed by atoms with Gasteiger partial charge in [-0.05, 0) is 48.0 Å². The van der Waals surface area contributed by atoms with Crippen molar-refractivity contribution in [2.45, 2.75) is 17.4 Å². The molecule has 13 heteroatoms. The molecule has 0 aliphatic carbocycles. The van der Waals surface area contributed by atoms with Gasteiger partial charge < -0.3 is 13.9 Å². The summed E-state index contributed by atoms with van der Waals surface area (Å²) >= 11 is 5.98. The van der Waals surface area contributed by atoms with E-state index in [9.17, 15) is 22.4 Å². The van der Waals surface area contributed by atoms with Gasteiger partial charge in [0.2, 0.25) is 10.0 Å². The van der Waals surface area contributed by atoms with Gasteiger partial charge in [0.05, 0.1) is 35.6 Å². The van der Waals surface area contributed by atoms with Crippen LogP contribution in [-0.4, -0.2) is 68.2 Å². The Kier molecular flexibility index (Phi) is 7.80. The summed E-state index contributed by atoms with van der Waals surface area (Å²) in [6, 6.07) is 12.6. The number of halogens is 2. The SMILES string of the molecule is O=C(OCC(=O)N1N=C(c2ccc(Cl)cc2)CC1c1ccco1)c1cc(S(=O)(=O)N2CCOCC2)ccc1F. The molecule has 2 aliphatic heterocycles. The number of hydrogen-bond acceptors (Lipinski definition) is 8. The number of morpholine rings is 1. The number of rotatable bonds is 7. The molecule has 1 atom stereocenters. The molecule has 0 spiro atoms. The normalized spacial score (nSPS) is 18.2. The van der Waals surface area contributed by atoms with Crippen molar-refractivity contribution < 1.29 is 36.3 Å². The zero-order valence-electron chi connectivity index (χ0n) is 20.5. The fraction of sp³-hybridized carbons (Fsp3) is 0.269. The molecule has 5 rings (SSSR count). The van der Waals surface area contributed by atoms with Gasteiger partial charge in [-0.25, -0.2) is 22.6 Å². The molecule has 3 aromatic rings. The third-order valence-electron chi connectivity index (χ3n) is 6.31. The maximum atomic E-state index is 14.5. The maximum absolute atomic E-state index is 14.5. The van der Waals surface area contributed by atoms with Gasteiger partial charge in [-0.2, -0.15) is 9.41 Å². The molecule has 0 N–H and O–H groups in total. The van der Waals surface area contributed by atoms with Crippen LogP contribution in [0.1, 0.15) is 34.1 Å². The highest BCUT2D eigenvalue weighted by Gasteiger charge is 2.35. The molecule has 0 radical (unpaired) electrons.